The van der Waals surface area contributed by atoms with E-state index in [4.69, 9.17) is 26.1 Å². The third-order valence-corrected chi connectivity index (χ3v) is 9.10. The maximum Gasteiger partial charge on any atom is 0.354 e. The molecule has 3 aliphatic rings. The number of imidazole rings is 1. The molecule has 0 amide bonds. The van der Waals surface area contributed by atoms with E-state index in [0.717, 1.165) is 63.4 Å². The highest BCUT2D eigenvalue weighted by Gasteiger charge is 2.30. The van der Waals surface area contributed by atoms with Crippen molar-refractivity contribution in [3.8, 4) is 5.75 Å². The molecule has 8 nitrogen and oxygen atoms in total. The minimum absolute atomic E-state index is 0.0188. The van der Waals surface area contributed by atoms with Crippen LogP contribution in [0.5, 0.6) is 5.75 Å². The lowest BCUT2D eigenvalue weighted by Crippen LogP contribution is -2.35. The number of ether oxygens (including phenoxy) is 2. The van der Waals surface area contributed by atoms with Crippen molar-refractivity contribution >= 4 is 28.7 Å². The molecule has 0 spiro atoms. The van der Waals surface area contributed by atoms with Crippen molar-refractivity contribution in [1.29, 1.82) is 0 Å². The van der Waals surface area contributed by atoms with Crippen LogP contribution in [0.1, 0.15) is 70.7 Å². The van der Waals surface area contributed by atoms with Gasteiger partial charge in [-0.15, -0.1) is 0 Å². The van der Waals surface area contributed by atoms with Gasteiger partial charge in [-0.3, -0.25) is 4.90 Å². The zero-order valence-electron chi connectivity index (χ0n) is 23.1. The van der Waals surface area contributed by atoms with Crippen molar-refractivity contribution in [1.82, 2.24) is 19.4 Å². The molecule has 2 fully saturated rings. The Morgan fingerprint density at radius 1 is 1.05 bits per heavy atom. The second kappa shape index (κ2) is 11.3. The highest BCUT2D eigenvalue weighted by atomic mass is 35.5. The van der Waals surface area contributed by atoms with Gasteiger partial charge in [-0.25, -0.2) is 19.2 Å². The molecule has 2 unspecified atom stereocenters. The van der Waals surface area contributed by atoms with Crippen LogP contribution in [0.4, 0.5) is 4.39 Å². The summed E-state index contributed by atoms with van der Waals surface area (Å²) < 4.78 is 28.6. The largest absolute Gasteiger partial charge is 0.485 e. The predicted octanol–water partition coefficient (Wildman–Crippen LogP) is 6.16. The lowest BCUT2D eigenvalue weighted by Gasteiger charge is -2.35. The standard InChI is InChI=1S/C32H32ClFN4O4/c33-20-4-5-24(25(34)16-20)29-9-6-23-22(2-1-3-28(23)42-29)19-10-13-37(14-11-19)18-30-35-26-7-8-27(32(39)40)36-31(26)38(30)17-21-12-15-41-21/h1-5,7-8,16,19,21,29H,6,9-15,17-18H2,(H,39,40). The number of carbonyl (C=O) groups is 1. The number of hydrogen-bond acceptors (Lipinski definition) is 6. The number of nitrogens with zero attached hydrogens (tertiary/aromatic N) is 4. The van der Waals surface area contributed by atoms with E-state index >= 15 is 0 Å². The van der Waals surface area contributed by atoms with E-state index in [9.17, 15) is 14.3 Å². The molecule has 0 aliphatic carbocycles. The highest BCUT2D eigenvalue weighted by Crippen LogP contribution is 2.42. The highest BCUT2D eigenvalue weighted by molar-refractivity contribution is 6.30. The van der Waals surface area contributed by atoms with E-state index in [1.165, 1.54) is 23.3 Å². The average molecular weight is 591 g/mol. The van der Waals surface area contributed by atoms with Crippen LogP contribution >= 0.6 is 11.6 Å². The van der Waals surface area contributed by atoms with Crippen molar-refractivity contribution < 1.29 is 23.8 Å². The number of fused-ring (bicyclic) bond motifs is 2. The predicted molar refractivity (Wildman–Crippen MR) is 156 cm³/mol. The number of hydrogen-bond donors (Lipinski definition) is 1. The molecule has 1 N–H and O–H groups in total. The van der Waals surface area contributed by atoms with Gasteiger partial charge in [0.25, 0.3) is 0 Å². The zero-order chi connectivity index (χ0) is 28.8. The molecule has 5 heterocycles. The summed E-state index contributed by atoms with van der Waals surface area (Å²) in [6, 6.07) is 14.3. The lowest BCUT2D eigenvalue weighted by atomic mass is 9.83. The van der Waals surface area contributed by atoms with Crippen molar-refractivity contribution in [2.45, 2.75) is 63.3 Å². The van der Waals surface area contributed by atoms with Gasteiger partial charge in [0.1, 0.15) is 29.0 Å². The summed E-state index contributed by atoms with van der Waals surface area (Å²) in [5.74, 6) is 0.784. The number of aromatic nitrogens is 3. The van der Waals surface area contributed by atoms with Crippen LogP contribution in [0.15, 0.2) is 48.5 Å². The molecular weight excluding hydrogens is 559 g/mol. The van der Waals surface area contributed by atoms with Crippen molar-refractivity contribution in [3.63, 3.8) is 0 Å². The Kier molecular flexibility index (Phi) is 7.34. The molecule has 218 valence electrons. The number of rotatable bonds is 7. The fourth-order valence-electron chi connectivity index (χ4n) is 6.53. The molecule has 2 saturated heterocycles. The summed E-state index contributed by atoms with van der Waals surface area (Å²) in [5.41, 5.74) is 4.45. The maximum atomic E-state index is 14.6. The summed E-state index contributed by atoms with van der Waals surface area (Å²) in [7, 11) is 0. The van der Waals surface area contributed by atoms with E-state index in [1.54, 1.807) is 18.2 Å². The number of halogens is 2. The first-order valence-corrected chi connectivity index (χ1v) is 15.0. The van der Waals surface area contributed by atoms with Gasteiger partial charge in [-0.05, 0) is 92.6 Å². The Morgan fingerprint density at radius 2 is 1.88 bits per heavy atom. The SMILES string of the molecule is O=C(O)c1ccc2nc(CN3CCC(c4cccc5c4CCC(c4ccc(Cl)cc4F)O5)CC3)n(CC3CCO3)c2n1. The van der Waals surface area contributed by atoms with Crippen molar-refractivity contribution in [2.75, 3.05) is 19.7 Å². The molecule has 0 bridgehead atoms. The Balaban J connectivity index is 1.05. The molecule has 4 aromatic rings. The monoisotopic (exact) mass is 590 g/mol. The third-order valence-electron chi connectivity index (χ3n) is 8.87. The van der Waals surface area contributed by atoms with Gasteiger partial charge in [0.15, 0.2) is 11.3 Å². The van der Waals surface area contributed by atoms with Crippen LogP contribution in [0.25, 0.3) is 11.2 Å². The van der Waals surface area contributed by atoms with Crippen LogP contribution < -0.4 is 4.74 Å². The minimum atomic E-state index is -1.05. The fourth-order valence-corrected chi connectivity index (χ4v) is 6.69. The number of benzene rings is 2. The Morgan fingerprint density at radius 3 is 2.62 bits per heavy atom. The van der Waals surface area contributed by atoms with Crippen LogP contribution in [-0.2, 0) is 24.2 Å². The van der Waals surface area contributed by atoms with Crippen LogP contribution in [0.2, 0.25) is 5.02 Å². The number of piperidine rings is 1. The Labute approximate surface area is 248 Å². The van der Waals surface area contributed by atoms with Crippen molar-refractivity contribution in [3.05, 3.63) is 87.6 Å². The third kappa shape index (κ3) is 5.25. The minimum Gasteiger partial charge on any atom is -0.485 e. The summed E-state index contributed by atoms with van der Waals surface area (Å²) in [4.78, 5) is 23.2. The number of aromatic carboxylic acids is 1. The van der Waals surface area contributed by atoms with Gasteiger partial charge in [0, 0.05) is 17.2 Å². The summed E-state index contributed by atoms with van der Waals surface area (Å²) in [5, 5.41) is 9.85. The molecule has 7 rings (SSSR count). The molecule has 0 saturated carbocycles. The van der Waals surface area contributed by atoms with Gasteiger partial charge >= 0.3 is 5.97 Å². The van der Waals surface area contributed by atoms with Crippen molar-refractivity contribution in [2.24, 2.45) is 0 Å². The molecule has 3 aliphatic heterocycles. The van der Waals surface area contributed by atoms with Gasteiger partial charge in [0.05, 0.1) is 19.2 Å². The number of carboxylic acids is 1. The molecular formula is C32H32ClFN4O4. The molecule has 10 heteroatoms. The molecule has 42 heavy (non-hydrogen) atoms. The first kappa shape index (κ1) is 27.3. The Hall–Kier alpha value is -3.53. The fraction of sp³-hybridized carbons (Fsp3) is 0.406. The van der Waals surface area contributed by atoms with Crippen LogP contribution in [-0.4, -0.2) is 56.3 Å². The molecule has 0 radical (unpaired) electrons. The maximum absolute atomic E-state index is 14.6. The quantitative estimate of drug-likeness (QED) is 0.276. The lowest BCUT2D eigenvalue weighted by molar-refractivity contribution is -0.0593. The molecule has 2 atom stereocenters. The number of likely N-dealkylation sites (tertiary alicyclic amines) is 1. The van der Waals surface area contributed by atoms with E-state index in [0.29, 0.717) is 40.8 Å². The first-order valence-electron chi connectivity index (χ1n) is 14.6. The average Bonchev–Trinajstić information content (AvgIpc) is 3.30. The first-order chi connectivity index (χ1) is 20.4. The van der Waals surface area contributed by atoms with E-state index in [2.05, 4.69) is 16.0 Å². The van der Waals surface area contributed by atoms with Gasteiger partial charge in [0.2, 0.25) is 0 Å². The van der Waals surface area contributed by atoms with E-state index in [1.807, 2.05) is 16.7 Å². The van der Waals surface area contributed by atoms with Crippen LogP contribution in [0, 0.1) is 5.82 Å². The number of pyridine rings is 1. The van der Waals surface area contributed by atoms with Gasteiger partial charge in [-0.2, -0.15) is 0 Å². The van der Waals surface area contributed by atoms with Crippen LogP contribution in [0.3, 0.4) is 0 Å². The number of carboxylic acid groups (broad SMARTS) is 1. The zero-order valence-corrected chi connectivity index (χ0v) is 23.9. The molecule has 2 aromatic carbocycles. The van der Waals surface area contributed by atoms with E-state index < -0.39 is 5.97 Å². The normalized spacial score (nSPS) is 21.1. The van der Waals surface area contributed by atoms with Gasteiger partial charge in [-0.1, -0.05) is 29.8 Å². The van der Waals surface area contributed by atoms with Gasteiger partial charge < -0.3 is 19.1 Å². The Bertz CT molecular complexity index is 1650. The summed E-state index contributed by atoms with van der Waals surface area (Å²) in [6.45, 7) is 3.88. The summed E-state index contributed by atoms with van der Waals surface area (Å²) in [6.07, 6.45) is 4.35. The smallest absolute Gasteiger partial charge is 0.354 e. The molecule has 2 aromatic heterocycles. The topological polar surface area (TPSA) is 89.7 Å². The second-order valence-corrected chi connectivity index (χ2v) is 11.9. The second-order valence-electron chi connectivity index (χ2n) is 11.4. The summed E-state index contributed by atoms with van der Waals surface area (Å²) >= 11 is 5.95. The van der Waals surface area contributed by atoms with E-state index in [-0.39, 0.29) is 23.7 Å².